The van der Waals surface area contributed by atoms with E-state index in [1.807, 2.05) is 49.4 Å². The average molecular weight is 347 g/mol. The lowest BCUT2D eigenvalue weighted by molar-refractivity contribution is 0.102. The summed E-state index contributed by atoms with van der Waals surface area (Å²) in [6.07, 6.45) is 1.01. The Morgan fingerprint density at radius 3 is 2.62 bits per heavy atom. The first-order valence-electron chi connectivity index (χ1n) is 7.02. The van der Waals surface area contributed by atoms with Crippen molar-refractivity contribution >= 4 is 33.2 Å². The van der Waals surface area contributed by atoms with E-state index >= 15 is 0 Å². The van der Waals surface area contributed by atoms with Crippen LogP contribution in [0, 0.1) is 6.92 Å². The van der Waals surface area contributed by atoms with Crippen LogP contribution in [0.5, 0.6) is 0 Å². The predicted octanol–water partition coefficient (Wildman–Crippen LogP) is 4.83. The summed E-state index contributed by atoms with van der Waals surface area (Å²) in [7, 11) is 0. The van der Waals surface area contributed by atoms with Crippen LogP contribution in [0.2, 0.25) is 0 Å². The monoisotopic (exact) mass is 346 g/mol. The molecule has 0 spiro atoms. The van der Waals surface area contributed by atoms with Crippen LogP contribution >= 0.6 is 15.9 Å². The van der Waals surface area contributed by atoms with Crippen LogP contribution in [0.4, 0.5) is 11.4 Å². The standard InChI is InChI=1S/C17H19BrN2O/c1-3-10-19-15-7-5-4-6-13(15)17(21)20-16-9-8-12(2)11-14(16)18/h4-9,11,19H,3,10H2,1-2H3,(H,20,21). The minimum Gasteiger partial charge on any atom is -0.384 e. The van der Waals surface area contributed by atoms with Crippen LogP contribution < -0.4 is 10.6 Å². The summed E-state index contributed by atoms with van der Waals surface area (Å²) < 4.78 is 0.884. The van der Waals surface area contributed by atoms with Crippen molar-refractivity contribution in [3.63, 3.8) is 0 Å². The molecular formula is C17H19BrN2O. The fourth-order valence-corrected chi connectivity index (χ4v) is 2.60. The molecule has 0 aliphatic heterocycles. The second-order valence-electron chi connectivity index (χ2n) is 4.91. The van der Waals surface area contributed by atoms with Crippen molar-refractivity contribution in [1.82, 2.24) is 0 Å². The van der Waals surface area contributed by atoms with Gasteiger partial charge in [-0.2, -0.15) is 0 Å². The Hall–Kier alpha value is -1.81. The molecule has 0 radical (unpaired) electrons. The van der Waals surface area contributed by atoms with E-state index in [0.717, 1.165) is 34.4 Å². The number of carbonyl (C=O) groups excluding carboxylic acids is 1. The quantitative estimate of drug-likeness (QED) is 0.813. The van der Waals surface area contributed by atoms with Gasteiger partial charge in [-0.05, 0) is 59.1 Å². The topological polar surface area (TPSA) is 41.1 Å². The van der Waals surface area contributed by atoms with Gasteiger partial charge in [0.1, 0.15) is 0 Å². The Morgan fingerprint density at radius 2 is 1.90 bits per heavy atom. The smallest absolute Gasteiger partial charge is 0.257 e. The molecule has 0 aliphatic carbocycles. The first-order valence-corrected chi connectivity index (χ1v) is 7.81. The second kappa shape index (κ2) is 7.27. The molecule has 2 aromatic carbocycles. The van der Waals surface area contributed by atoms with Gasteiger partial charge in [-0.25, -0.2) is 0 Å². The van der Waals surface area contributed by atoms with Crippen molar-refractivity contribution in [2.45, 2.75) is 20.3 Å². The highest BCUT2D eigenvalue weighted by Gasteiger charge is 2.12. The number of halogens is 1. The van der Waals surface area contributed by atoms with Crippen LogP contribution in [0.25, 0.3) is 0 Å². The number of carbonyl (C=O) groups is 1. The van der Waals surface area contributed by atoms with Crippen LogP contribution in [0.15, 0.2) is 46.9 Å². The van der Waals surface area contributed by atoms with Crippen LogP contribution in [0.3, 0.4) is 0 Å². The number of amides is 1. The zero-order valence-corrected chi connectivity index (χ0v) is 13.8. The fraction of sp³-hybridized carbons (Fsp3) is 0.235. The van der Waals surface area contributed by atoms with E-state index < -0.39 is 0 Å². The third kappa shape index (κ3) is 4.08. The number of rotatable bonds is 5. The molecule has 0 unspecified atom stereocenters. The largest absolute Gasteiger partial charge is 0.384 e. The fourth-order valence-electron chi connectivity index (χ4n) is 2.01. The Kier molecular flexibility index (Phi) is 5.39. The summed E-state index contributed by atoms with van der Waals surface area (Å²) in [6.45, 7) is 4.96. The predicted molar refractivity (Wildman–Crippen MR) is 92.1 cm³/mol. The highest BCUT2D eigenvalue weighted by molar-refractivity contribution is 9.10. The molecule has 0 fully saturated rings. The first-order chi connectivity index (χ1) is 10.1. The van der Waals surface area contributed by atoms with E-state index in [1.165, 1.54) is 0 Å². The lowest BCUT2D eigenvalue weighted by Crippen LogP contribution is -2.15. The molecule has 2 N–H and O–H groups in total. The molecule has 110 valence electrons. The number of hydrogen-bond acceptors (Lipinski definition) is 2. The molecule has 0 heterocycles. The molecule has 0 atom stereocenters. The molecule has 0 saturated carbocycles. The Morgan fingerprint density at radius 1 is 1.14 bits per heavy atom. The minimum atomic E-state index is -0.112. The SMILES string of the molecule is CCCNc1ccccc1C(=O)Nc1ccc(C)cc1Br. The van der Waals surface area contributed by atoms with Crippen molar-refractivity contribution in [2.24, 2.45) is 0 Å². The van der Waals surface area contributed by atoms with Gasteiger partial charge in [0.25, 0.3) is 5.91 Å². The molecule has 0 aromatic heterocycles. The van der Waals surface area contributed by atoms with Gasteiger partial charge in [0.15, 0.2) is 0 Å². The maximum Gasteiger partial charge on any atom is 0.257 e. The minimum absolute atomic E-state index is 0.112. The zero-order chi connectivity index (χ0) is 15.2. The van der Waals surface area contributed by atoms with Crippen molar-refractivity contribution in [3.8, 4) is 0 Å². The lowest BCUT2D eigenvalue weighted by atomic mass is 10.1. The number of aryl methyl sites for hydroxylation is 1. The molecule has 4 heteroatoms. The molecule has 0 bridgehead atoms. The number of anilines is 2. The third-order valence-electron chi connectivity index (χ3n) is 3.11. The summed E-state index contributed by atoms with van der Waals surface area (Å²) in [5.74, 6) is -0.112. The molecule has 2 rings (SSSR count). The molecule has 0 saturated heterocycles. The summed E-state index contributed by atoms with van der Waals surface area (Å²) in [6, 6.07) is 13.4. The van der Waals surface area contributed by atoms with Crippen LogP contribution in [0.1, 0.15) is 29.3 Å². The lowest BCUT2D eigenvalue weighted by Gasteiger charge is -2.12. The molecule has 1 amide bonds. The summed E-state index contributed by atoms with van der Waals surface area (Å²) in [5, 5.41) is 6.23. The van der Waals surface area contributed by atoms with Gasteiger partial charge >= 0.3 is 0 Å². The molecule has 3 nitrogen and oxygen atoms in total. The van der Waals surface area contributed by atoms with Gasteiger partial charge in [0.2, 0.25) is 0 Å². The Balaban J connectivity index is 2.20. The van der Waals surface area contributed by atoms with Gasteiger partial charge < -0.3 is 10.6 Å². The van der Waals surface area contributed by atoms with Gasteiger partial charge in [-0.15, -0.1) is 0 Å². The van der Waals surface area contributed by atoms with Crippen LogP contribution in [-0.4, -0.2) is 12.5 Å². The molecule has 21 heavy (non-hydrogen) atoms. The maximum absolute atomic E-state index is 12.5. The zero-order valence-electron chi connectivity index (χ0n) is 12.2. The van der Waals surface area contributed by atoms with Crippen LogP contribution in [-0.2, 0) is 0 Å². The maximum atomic E-state index is 12.5. The van der Waals surface area contributed by atoms with E-state index in [0.29, 0.717) is 5.56 Å². The Bertz CT molecular complexity index is 640. The summed E-state index contributed by atoms with van der Waals surface area (Å²) in [4.78, 5) is 12.5. The molecular weight excluding hydrogens is 328 g/mol. The van der Waals surface area contributed by atoms with Crippen molar-refractivity contribution in [3.05, 3.63) is 58.1 Å². The van der Waals surface area contributed by atoms with E-state index in [4.69, 9.17) is 0 Å². The van der Waals surface area contributed by atoms with E-state index in [9.17, 15) is 4.79 Å². The normalized spacial score (nSPS) is 10.2. The van der Waals surface area contributed by atoms with Crippen molar-refractivity contribution in [2.75, 3.05) is 17.2 Å². The number of nitrogens with one attached hydrogen (secondary N) is 2. The van der Waals surface area contributed by atoms with E-state index in [1.54, 1.807) is 0 Å². The highest BCUT2D eigenvalue weighted by Crippen LogP contribution is 2.25. The second-order valence-corrected chi connectivity index (χ2v) is 5.76. The molecule has 2 aromatic rings. The summed E-state index contributed by atoms with van der Waals surface area (Å²) in [5.41, 5.74) is 3.43. The number of para-hydroxylation sites is 1. The van der Waals surface area contributed by atoms with Gasteiger partial charge in [-0.1, -0.05) is 25.1 Å². The molecule has 0 aliphatic rings. The third-order valence-corrected chi connectivity index (χ3v) is 3.77. The van der Waals surface area contributed by atoms with Crippen molar-refractivity contribution < 1.29 is 4.79 Å². The van der Waals surface area contributed by atoms with Gasteiger partial charge in [0, 0.05) is 16.7 Å². The number of hydrogen-bond donors (Lipinski definition) is 2. The van der Waals surface area contributed by atoms with E-state index in [-0.39, 0.29) is 5.91 Å². The van der Waals surface area contributed by atoms with Gasteiger partial charge in [0.05, 0.1) is 11.3 Å². The first kappa shape index (κ1) is 15.6. The van der Waals surface area contributed by atoms with Crippen molar-refractivity contribution in [1.29, 1.82) is 0 Å². The summed E-state index contributed by atoms with van der Waals surface area (Å²) >= 11 is 3.48. The van der Waals surface area contributed by atoms with Gasteiger partial charge in [-0.3, -0.25) is 4.79 Å². The van der Waals surface area contributed by atoms with E-state index in [2.05, 4.69) is 33.5 Å². The Labute approximate surface area is 133 Å². The average Bonchev–Trinajstić information content (AvgIpc) is 2.48. The number of benzene rings is 2. The highest BCUT2D eigenvalue weighted by atomic mass is 79.9.